The molecule has 18 heavy (non-hydrogen) atoms. The molecule has 1 saturated heterocycles. The first-order chi connectivity index (χ1) is 8.33. The van der Waals surface area contributed by atoms with E-state index >= 15 is 0 Å². The Bertz CT molecular complexity index is 391. The van der Waals surface area contributed by atoms with Gasteiger partial charge in [-0.05, 0) is 64.9 Å². The second-order valence-electron chi connectivity index (χ2n) is 6.36. The topological polar surface area (TPSA) is 15.3 Å². The zero-order valence-electron chi connectivity index (χ0n) is 11.8. The molecule has 1 aliphatic heterocycles. The average Bonchev–Trinajstić information content (AvgIpc) is 2.37. The van der Waals surface area contributed by atoms with Crippen molar-refractivity contribution in [2.45, 2.75) is 45.2 Å². The molecular weight excluding hydrogens is 244 g/mol. The minimum atomic E-state index is 0.0911. The highest BCUT2D eigenvalue weighted by molar-refractivity contribution is 6.30. The summed E-state index contributed by atoms with van der Waals surface area (Å²) < 4.78 is 0. The summed E-state index contributed by atoms with van der Waals surface area (Å²) in [5, 5.41) is 4.33. The smallest absolute Gasteiger partial charge is 0.0475 e. The first-order valence-electron chi connectivity index (χ1n) is 6.60. The van der Waals surface area contributed by atoms with Gasteiger partial charge in [-0.15, -0.1) is 0 Å². The van der Waals surface area contributed by atoms with E-state index in [-0.39, 0.29) is 11.1 Å². The minimum Gasteiger partial charge on any atom is -0.360 e. The summed E-state index contributed by atoms with van der Waals surface area (Å²) in [5.41, 5.74) is 1.48. The predicted molar refractivity (Wildman–Crippen MR) is 79.6 cm³/mol. The molecule has 0 radical (unpaired) electrons. The van der Waals surface area contributed by atoms with E-state index in [4.69, 9.17) is 11.6 Å². The van der Waals surface area contributed by atoms with Gasteiger partial charge >= 0.3 is 0 Å². The standard InChI is InChI=1S/C15H23ClN2/c1-14(2)9-10-17-11-15(3,4)18(14)13-7-5-12(16)6-8-13/h5-8,17H,9-11H2,1-4H3. The Balaban J connectivity index is 2.44. The summed E-state index contributed by atoms with van der Waals surface area (Å²) in [5.74, 6) is 0. The van der Waals surface area contributed by atoms with Crippen LogP contribution in [-0.2, 0) is 0 Å². The van der Waals surface area contributed by atoms with Crippen LogP contribution in [-0.4, -0.2) is 24.2 Å². The Morgan fingerprint density at radius 1 is 1.06 bits per heavy atom. The fraction of sp³-hybridized carbons (Fsp3) is 0.600. The summed E-state index contributed by atoms with van der Waals surface area (Å²) in [6, 6.07) is 8.19. The van der Waals surface area contributed by atoms with Crippen LogP contribution in [0.1, 0.15) is 34.1 Å². The zero-order valence-corrected chi connectivity index (χ0v) is 12.5. The van der Waals surface area contributed by atoms with Crippen molar-refractivity contribution >= 4 is 17.3 Å². The number of hydrogen-bond acceptors (Lipinski definition) is 2. The number of halogens is 1. The lowest BCUT2D eigenvalue weighted by Gasteiger charge is -2.49. The van der Waals surface area contributed by atoms with Crippen LogP contribution in [0.25, 0.3) is 0 Å². The second kappa shape index (κ2) is 4.75. The molecule has 2 nitrogen and oxygen atoms in total. The fourth-order valence-electron chi connectivity index (χ4n) is 3.09. The van der Waals surface area contributed by atoms with Crippen molar-refractivity contribution in [3.63, 3.8) is 0 Å². The average molecular weight is 267 g/mol. The van der Waals surface area contributed by atoms with E-state index < -0.39 is 0 Å². The fourth-order valence-corrected chi connectivity index (χ4v) is 3.21. The van der Waals surface area contributed by atoms with Gasteiger partial charge in [0.05, 0.1) is 0 Å². The van der Waals surface area contributed by atoms with Gasteiger partial charge in [0, 0.05) is 28.3 Å². The van der Waals surface area contributed by atoms with Crippen molar-refractivity contribution in [1.82, 2.24) is 5.32 Å². The van der Waals surface area contributed by atoms with Gasteiger partial charge in [-0.25, -0.2) is 0 Å². The summed E-state index contributed by atoms with van der Waals surface area (Å²) in [6.45, 7) is 11.3. The molecule has 0 aliphatic carbocycles. The second-order valence-corrected chi connectivity index (χ2v) is 6.80. The number of hydrogen-bond donors (Lipinski definition) is 1. The van der Waals surface area contributed by atoms with Crippen LogP contribution in [0.5, 0.6) is 0 Å². The molecule has 1 fully saturated rings. The van der Waals surface area contributed by atoms with Gasteiger partial charge in [-0.2, -0.15) is 0 Å². The molecule has 1 aliphatic rings. The lowest BCUT2D eigenvalue weighted by molar-refractivity contribution is 0.357. The SMILES string of the molecule is CC1(C)CCNCC(C)(C)N1c1ccc(Cl)cc1. The van der Waals surface area contributed by atoms with Crippen LogP contribution in [0.15, 0.2) is 24.3 Å². The van der Waals surface area contributed by atoms with Crippen LogP contribution < -0.4 is 10.2 Å². The Morgan fingerprint density at radius 3 is 2.28 bits per heavy atom. The highest BCUT2D eigenvalue weighted by Gasteiger charge is 2.39. The first kappa shape index (κ1) is 13.7. The molecule has 0 saturated carbocycles. The van der Waals surface area contributed by atoms with Gasteiger partial charge in [0.2, 0.25) is 0 Å². The Morgan fingerprint density at radius 2 is 1.67 bits per heavy atom. The molecule has 0 atom stereocenters. The van der Waals surface area contributed by atoms with Gasteiger partial charge in [0.15, 0.2) is 0 Å². The number of anilines is 1. The third-order valence-corrected chi connectivity index (χ3v) is 4.02. The van der Waals surface area contributed by atoms with Crippen molar-refractivity contribution in [2.24, 2.45) is 0 Å². The largest absolute Gasteiger partial charge is 0.360 e. The number of nitrogens with zero attached hydrogens (tertiary/aromatic N) is 1. The van der Waals surface area contributed by atoms with E-state index in [9.17, 15) is 0 Å². The molecule has 1 N–H and O–H groups in total. The van der Waals surface area contributed by atoms with E-state index in [1.807, 2.05) is 12.1 Å². The Kier molecular flexibility index (Phi) is 3.61. The van der Waals surface area contributed by atoms with E-state index in [1.165, 1.54) is 5.69 Å². The molecule has 0 bridgehead atoms. The third kappa shape index (κ3) is 2.65. The number of benzene rings is 1. The number of rotatable bonds is 1. The lowest BCUT2D eigenvalue weighted by Crippen LogP contribution is -2.57. The van der Waals surface area contributed by atoms with Crippen LogP contribution in [0.2, 0.25) is 5.02 Å². The summed E-state index contributed by atoms with van der Waals surface area (Å²) in [6.07, 6.45) is 1.14. The van der Waals surface area contributed by atoms with Crippen LogP contribution in [0.3, 0.4) is 0 Å². The summed E-state index contributed by atoms with van der Waals surface area (Å²) in [4.78, 5) is 2.52. The quantitative estimate of drug-likeness (QED) is 0.834. The highest BCUT2D eigenvalue weighted by atomic mass is 35.5. The molecule has 0 unspecified atom stereocenters. The van der Waals surface area contributed by atoms with Crippen molar-refractivity contribution in [3.8, 4) is 0 Å². The molecule has 1 heterocycles. The minimum absolute atomic E-state index is 0.0911. The zero-order chi connectivity index (χ0) is 13.4. The van der Waals surface area contributed by atoms with Gasteiger partial charge in [0.1, 0.15) is 0 Å². The van der Waals surface area contributed by atoms with Crippen molar-refractivity contribution in [1.29, 1.82) is 0 Å². The van der Waals surface area contributed by atoms with Gasteiger partial charge in [-0.1, -0.05) is 11.6 Å². The molecule has 0 aromatic heterocycles. The van der Waals surface area contributed by atoms with Gasteiger partial charge < -0.3 is 10.2 Å². The van der Waals surface area contributed by atoms with Gasteiger partial charge in [-0.3, -0.25) is 0 Å². The maximum absolute atomic E-state index is 5.99. The maximum atomic E-state index is 5.99. The number of nitrogens with one attached hydrogen (secondary N) is 1. The highest BCUT2D eigenvalue weighted by Crippen LogP contribution is 2.35. The normalized spacial score (nSPS) is 22.6. The van der Waals surface area contributed by atoms with Crippen LogP contribution in [0, 0.1) is 0 Å². The molecule has 0 spiro atoms. The summed E-state index contributed by atoms with van der Waals surface area (Å²) in [7, 11) is 0. The monoisotopic (exact) mass is 266 g/mol. The van der Waals surface area contributed by atoms with Crippen LogP contribution >= 0.6 is 11.6 Å². The van der Waals surface area contributed by atoms with E-state index in [1.54, 1.807) is 0 Å². The van der Waals surface area contributed by atoms with Gasteiger partial charge in [0.25, 0.3) is 0 Å². The maximum Gasteiger partial charge on any atom is 0.0475 e. The predicted octanol–water partition coefficient (Wildman–Crippen LogP) is 3.70. The third-order valence-electron chi connectivity index (χ3n) is 3.77. The lowest BCUT2D eigenvalue weighted by atomic mass is 9.91. The molecule has 2 rings (SSSR count). The molecule has 1 aromatic rings. The van der Waals surface area contributed by atoms with Crippen molar-refractivity contribution < 1.29 is 0 Å². The summed E-state index contributed by atoms with van der Waals surface area (Å²) >= 11 is 5.99. The van der Waals surface area contributed by atoms with Crippen molar-refractivity contribution in [3.05, 3.63) is 29.3 Å². The van der Waals surface area contributed by atoms with E-state index in [0.29, 0.717) is 0 Å². The molecule has 100 valence electrons. The molecular formula is C15H23ClN2. The molecule has 1 aromatic carbocycles. The first-order valence-corrected chi connectivity index (χ1v) is 6.97. The molecule has 3 heteroatoms. The van der Waals surface area contributed by atoms with E-state index in [2.05, 4.69) is 50.0 Å². The van der Waals surface area contributed by atoms with E-state index in [0.717, 1.165) is 24.5 Å². The van der Waals surface area contributed by atoms with Crippen LogP contribution in [0.4, 0.5) is 5.69 Å². The van der Waals surface area contributed by atoms with Crippen molar-refractivity contribution in [2.75, 3.05) is 18.0 Å². The molecule has 0 amide bonds. The Hall–Kier alpha value is -0.730. The Labute approximate surface area is 115 Å².